The molecule has 0 spiro atoms. The molecule has 0 aliphatic carbocycles. The Morgan fingerprint density at radius 3 is 2.89 bits per heavy atom. The Morgan fingerprint density at radius 2 is 2.22 bits per heavy atom. The van der Waals surface area contributed by atoms with Gasteiger partial charge in [0.2, 0.25) is 0 Å². The van der Waals surface area contributed by atoms with Gasteiger partial charge in [0.1, 0.15) is 0 Å². The molecule has 1 aromatic rings. The second kappa shape index (κ2) is 5.10. The highest BCUT2D eigenvalue weighted by Crippen LogP contribution is 2.22. The van der Waals surface area contributed by atoms with Crippen molar-refractivity contribution in [2.24, 2.45) is 0 Å². The van der Waals surface area contributed by atoms with Crippen LogP contribution < -0.4 is 0 Å². The molecule has 1 aromatic carbocycles. The van der Waals surface area contributed by atoms with E-state index in [0.717, 1.165) is 5.56 Å². The summed E-state index contributed by atoms with van der Waals surface area (Å²) < 4.78 is 0. The lowest BCUT2D eigenvalue weighted by molar-refractivity contribution is -0.132. The van der Waals surface area contributed by atoms with Crippen molar-refractivity contribution in [3.63, 3.8) is 0 Å². The maximum absolute atomic E-state index is 11.0. The summed E-state index contributed by atoms with van der Waals surface area (Å²) in [6.07, 6.45) is 5.04. The van der Waals surface area contributed by atoms with E-state index in [9.17, 15) is 4.79 Å². The predicted molar refractivity (Wildman–Crippen MR) is 71.0 cm³/mol. The maximum Gasteiger partial charge on any atom is 0.337 e. The molecular formula is C14H12ClNO2. The highest BCUT2D eigenvalue weighted by Gasteiger charge is 2.18. The summed E-state index contributed by atoms with van der Waals surface area (Å²) in [6.45, 7) is 4.35. The number of hydrogen-bond acceptors (Lipinski definition) is 2. The molecule has 1 heterocycles. The van der Waals surface area contributed by atoms with Crippen LogP contribution >= 0.6 is 11.6 Å². The van der Waals surface area contributed by atoms with Crippen molar-refractivity contribution in [3.8, 4) is 0 Å². The van der Waals surface area contributed by atoms with Gasteiger partial charge in [-0.05, 0) is 29.8 Å². The lowest BCUT2D eigenvalue weighted by Crippen LogP contribution is -2.22. The summed E-state index contributed by atoms with van der Waals surface area (Å²) >= 11 is 5.91. The lowest BCUT2D eigenvalue weighted by atomic mass is 10.1. The molecular weight excluding hydrogens is 250 g/mol. The molecule has 0 saturated heterocycles. The van der Waals surface area contributed by atoms with Crippen molar-refractivity contribution in [3.05, 3.63) is 71.1 Å². The zero-order chi connectivity index (χ0) is 13.1. The average Bonchev–Trinajstić information content (AvgIpc) is 2.31. The number of carbonyl (C=O) groups is 1. The molecule has 4 heteroatoms. The largest absolute Gasteiger partial charge is 0.478 e. The van der Waals surface area contributed by atoms with E-state index in [2.05, 4.69) is 6.58 Å². The van der Waals surface area contributed by atoms with E-state index < -0.39 is 5.97 Å². The van der Waals surface area contributed by atoms with Crippen molar-refractivity contribution >= 4 is 17.6 Å². The van der Waals surface area contributed by atoms with E-state index in [-0.39, 0.29) is 5.57 Å². The fourth-order valence-corrected chi connectivity index (χ4v) is 1.97. The van der Waals surface area contributed by atoms with E-state index in [1.54, 1.807) is 29.3 Å². The van der Waals surface area contributed by atoms with Crippen LogP contribution in [0.3, 0.4) is 0 Å². The van der Waals surface area contributed by atoms with Crippen LogP contribution in [0.15, 0.2) is 60.5 Å². The maximum atomic E-state index is 11.0. The highest BCUT2D eigenvalue weighted by atomic mass is 35.5. The molecule has 1 aliphatic heterocycles. The minimum atomic E-state index is -0.972. The van der Waals surface area contributed by atoms with E-state index in [1.165, 1.54) is 0 Å². The minimum absolute atomic E-state index is 0.208. The van der Waals surface area contributed by atoms with Gasteiger partial charge in [-0.15, -0.1) is 0 Å². The smallest absolute Gasteiger partial charge is 0.337 e. The van der Waals surface area contributed by atoms with E-state index in [4.69, 9.17) is 16.7 Å². The van der Waals surface area contributed by atoms with Crippen LogP contribution in [0.5, 0.6) is 0 Å². The van der Waals surface area contributed by atoms with Gasteiger partial charge in [0.05, 0.1) is 5.57 Å². The van der Waals surface area contributed by atoms with E-state index in [1.807, 2.05) is 18.2 Å². The zero-order valence-electron chi connectivity index (χ0n) is 9.64. The van der Waals surface area contributed by atoms with Crippen LogP contribution in [-0.4, -0.2) is 16.0 Å². The van der Waals surface area contributed by atoms with Gasteiger partial charge in [-0.3, -0.25) is 0 Å². The molecule has 0 saturated carbocycles. The molecule has 0 amide bonds. The van der Waals surface area contributed by atoms with Crippen molar-refractivity contribution in [1.29, 1.82) is 0 Å². The Morgan fingerprint density at radius 1 is 1.44 bits per heavy atom. The normalized spacial score (nSPS) is 14.6. The third-order valence-corrected chi connectivity index (χ3v) is 2.89. The Balaban J connectivity index is 2.17. The molecule has 1 N–H and O–H groups in total. The molecule has 3 nitrogen and oxygen atoms in total. The predicted octanol–water partition coefficient (Wildman–Crippen LogP) is 3.19. The second-order valence-corrected chi connectivity index (χ2v) is 4.37. The summed E-state index contributed by atoms with van der Waals surface area (Å²) in [5.74, 6) is -0.972. The summed E-state index contributed by atoms with van der Waals surface area (Å²) in [6, 6.07) is 7.45. The van der Waals surface area contributed by atoms with Crippen molar-refractivity contribution < 1.29 is 9.90 Å². The topological polar surface area (TPSA) is 40.5 Å². The summed E-state index contributed by atoms with van der Waals surface area (Å²) in [5.41, 5.74) is 1.68. The fourth-order valence-electron chi connectivity index (χ4n) is 1.76. The van der Waals surface area contributed by atoms with Gasteiger partial charge in [-0.2, -0.15) is 0 Å². The second-order valence-electron chi connectivity index (χ2n) is 3.93. The molecule has 0 bridgehead atoms. The number of halogens is 1. The first kappa shape index (κ1) is 12.5. The standard InChI is InChI=1S/C14H12ClNO2/c1-10-13(14(17)18)6-3-7-16(10)9-11-4-2-5-12(15)8-11/h2-8H,1,9H2,(H,17,18). The first-order valence-electron chi connectivity index (χ1n) is 5.40. The number of carboxylic acids is 1. The van der Waals surface area contributed by atoms with Crippen LogP contribution in [-0.2, 0) is 11.3 Å². The summed E-state index contributed by atoms with van der Waals surface area (Å²) in [4.78, 5) is 12.8. The van der Waals surface area contributed by atoms with Gasteiger partial charge < -0.3 is 10.0 Å². The molecule has 0 radical (unpaired) electrons. The van der Waals surface area contributed by atoms with Gasteiger partial charge in [0.25, 0.3) is 0 Å². The van der Waals surface area contributed by atoms with Gasteiger partial charge in [-0.25, -0.2) is 4.79 Å². The van der Waals surface area contributed by atoms with Gasteiger partial charge in [0, 0.05) is 23.5 Å². The van der Waals surface area contributed by atoms with Crippen LogP contribution in [0.1, 0.15) is 5.56 Å². The van der Waals surface area contributed by atoms with Crippen LogP contribution in [0.25, 0.3) is 0 Å². The quantitative estimate of drug-likeness (QED) is 0.908. The fraction of sp³-hybridized carbons (Fsp3) is 0.0714. The third kappa shape index (κ3) is 2.63. The number of benzene rings is 1. The molecule has 0 atom stereocenters. The first-order chi connectivity index (χ1) is 8.58. The number of hydrogen-bond donors (Lipinski definition) is 1. The molecule has 18 heavy (non-hydrogen) atoms. The summed E-state index contributed by atoms with van der Waals surface area (Å²) in [5, 5.41) is 9.69. The average molecular weight is 262 g/mol. The van der Waals surface area contributed by atoms with Crippen molar-refractivity contribution in [1.82, 2.24) is 4.90 Å². The monoisotopic (exact) mass is 261 g/mol. The highest BCUT2D eigenvalue weighted by molar-refractivity contribution is 6.30. The lowest BCUT2D eigenvalue weighted by Gasteiger charge is -2.25. The van der Waals surface area contributed by atoms with Crippen LogP contribution in [0, 0.1) is 0 Å². The van der Waals surface area contributed by atoms with Crippen molar-refractivity contribution in [2.75, 3.05) is 0 Å². The van der Waals surface area contributed by atoms with Crippen LogP contribution in [0.2, 0.25) is 5.02 Å². The summed E-state index contributed by atoms with van der Waals surface area (Å²) in [7, 11) is 0. The SMILES string of the molecule is C=C1C(C(=O)O)=CC=CN1Cc1cccc(Cl)c1. The van der Waals surface area contributed by atoms with Gasteiger partial charge in [-0.1, -0.05) is 30.3 Å². The molecule has 0 unspecified atom stereocenters. The Hall–Kier alpha value is -2.00. The van der Waals surface area contributed by atoms with E-state index >= 15 is 0 Å². The molecule has 0 fully saturated rings. The number of aliphatic carboxylic acids is 1. The molecule has 0 aromatic heterocycles. The number of carboxylic acid groups (broad SMARTS) is 1. The molecule has 1 aliphatic rings. The minimum Gasteiger partial charge on any atom is -0.478 e. The number of nitrogens with zero attached hydrogens (tertiary/aromatic N) is 1. The van der Waals surface area contributed by atoms with E-state index in [0.29, 0.717) is 17.3 Å². The zero-order valence-corrected chi connectivity index (χ0v) is 10.4. The Bertz CT molecular complexity index is 561. The third-order valence-electron chi connectivity index (χ3n) is 2.66. The number of allylic oxidation sites excluding steroid dienone is 2. The molecule has 2 rings (SSSR count). The van der Waals surface area contributed by atoms with Gasteiger partial charge in [0.15, 0.2) is 0 Å². The Labute approximate surface area is 110 Å². The molecule has 92 valence electrons. The van der Waals surface area contributed by atoms with Crippen LogP contribution in [0.4, 0.5) is 0 Å². The van der Waals surface area contributed by atoms with Crippen molar-refractivity contribution in [2.45, 2.75) is 6.54 Å². The number of rotatable bonds is 3. The Kier molecular flexibility index (Phi) is 3.53. The first-order valence-corrected chi connectivity index (χ1v) is 5.78. The van der Waals surface area contributed by atoms with Gasteiger partial charge >= 0.3 is 5.97 Å².